The highest BCUT2D eigenvalue weighted by molar-refractivity contribution is 5.94. The smallest absolute Gasteiger partial charge is 0.253 e. The van der Waals surface area contributed by atoms with Crippen molar-refractivity contribution in [3.05, 3.63) is 59.7 Å². The van der Waals surface area contributed by atoms with Crippen LogP contribution < -0.4 is 10.2 Å². The van der Waals surface area contributed by atoms with Gasteiger partial charge in [-0.25, -0.2) is 0 Å². The van der Waals surface area contributed by atoms with E-state index in [9.17, 15) is 9.59 Å². The summed E-state index contributed by atoms with van der Waals surface area (Å²) in [6.45, 7) is 9.57. The minimum Gasteiger partial charge on any atom is -0.368 e. The van der Waals surface area contributed by atoms with Crippen molar-refractivity contribution in [2.45, 2.75) is 51.9 Å². The molecule has 2 aromatic rings. The van der Waals surface area contributed by atoms with Gasteiger partial charge in [-0.1, -0.05) is 45.7 Å². The number of amides is 2. The average molecular weight is 434 g/mol. The summed E-state index contributed by atoms with van der Waals surface area (Å²) >= 11 is 0. The Labute approximate surface area is 191 Å². The number of carbonyl (C=O) groups is 2. The highest BCUT2D eigenvalue weighted by atomic mass is 16.2. The van der Waals surface area contributed by atoms with E-state index >= 15 is 0 Å². The second-order valence-electron chi connectivity index (χ2n) is 10.1. The van der Waals surface area contributed by atoms with Crippen LogP contribution in [0.3, 0.4) is 0 Å². The van der Waals surface area contributed by atoms with Gasteiger partial charge in [-0.05, 0) is 60.2 Å². The fourth-order valence-electron chi connectivity index (χ4n) is 4.65. The lowest BCUT2D eigenvalue weighted by molar-refractivity contribution is -0.119. The van der Waals surface area contributed by atoms with Crippen LogP contribution in [0.25, 0.3) is 0 Å². The molecule has 1 heterocycles. The van der Waals surface area contributed by atoms with Crippen molar-refractivity contribution in [2.24, 2.45) is 5.92 Å². The number of hydrogen-bond donors (Lipinski definition) is 1. The van der Waals surface area contributed by atoms with Crippen molar-refractivity contribution in [1.29, 1.82) is 0 Å². The van der Waals surface area contributed by atoms with Gasteiger partial charge in [0, 0.05) is 49.0 Å². The second kappa shape index (κ2) is 9.35. The van der Waals surface area contributed by atoms with E-state index in [1.807, 2.05) is 29.2 Å². The Balaban J connectivity index is 1.30. The zero-order chi connectivity index (χ0) is 22.7. The first-order valence-electron chi connectivity index (χ1n) is 11.9. The molecule has 0 spiro atoms. The van der Waals surface area contributed by atoms with Crippen LogP contribution >= 0.6 is 0 Å². The van der Waals surface area contributed by atoms with Gasteiger partial charge in [-0.2, -0.15) is 0 Å². The highest BCUT2D eigenvalue weighted by Gasteiger charge is 2.24. The van der Waals surface area contributed by atoms with E-state index < -0.39 is 0 Å². The zero-order valence-electron chi connectivity index (χ0n) is 19.6. The maximum atomic E-state index is 12.9. The molecule has 0 radical (unpaired) electrons. The van der Waals surface area contributed by atoms with E-state index in [1.165, 1.54) is 5.56 Å². The Hall–Kier alpha value is -2.82. The molecule has 5 heteroatoms. The Kier molecular flexibility index (Phi) is 6.54. The molecule has 1 saturated heterocycles. The third-order valence-corrected chi connectivity index (χ3v) is 6.79. The molecule has 1 aliphatic carbocycles. The second-order valence-corrected chi connectivity index (χ2v) is 10.1. The molecule has 5 nitrogen and oxygen atoms in total. The van der Waals surface area contributed by atoms with Crippen LogP contribution in [0.4, 0.5) is 11.4 Å². The Bertz CT molecular complexity index is 930. The van der Waals surface area contributed by atoms with Crippen molar-refractivity contribution < 1.29 is 9.59 Å². The Morgan fingerprint density at radius 1 is 0.844 bits per heavy atom. The van der Waals surface area contributed by atoms with E-state index in [2.05, 4.69) is 55.3 Å². The number of nitrogens with zero attached hydrogens (tertiary/aromatic N) is 2. The molecule has 1 saturated carbocycles. The van der Waals surface area contributed by atoms with Crippen LogP contribution in [0, 0.1) is 5.92 Å². The van der Waals surface area contributed by atoms with E-state index in [1.54, 1.807) is 0 Å². The normalized spacial score (nSPS) is 17.5. The average Bonchev–Trinajstić information content (AvgIpc) is 3.34. The molecule has 2 aromatic carbocycles. The van der Waals surface area contributed by atoms with Gasteiger partial charge >= 0.3 is 0 Å². The predicted octanol–water partition coefficient (Wildman–Crippen LogP) is 5.08. The first-order chi connectivity index (χ1) is 15.3. The summed E-state index contributed by atoms with van der Waals surface area (Å²) in [5.74, 6) is 0.429. The first kappa shape index (κ1) is 22.4. The van der Waals surface area contributed by atoms with E-state index in [-0.39, 0.29) is 23.1 Å². The SMILES string of the molecule is CC(C)(C)c1ccc(C(=O)N2CCN(c3ccc(NC(=O)C4CCCC4)cc3)CC2)cc1. The van der Waals surface area contributed by atoms with Crippen LogP contribution in [0.15, 0.2) is 48.5 Å². The molecule has 1 aliphatic heterocycles. The zero-order valence-corrected chi connectivity index (χ0v) is 19.6. The maximum absolute atomic E-state index is 12.9. The number of anilines is 2. The number of nitrogens with one attached hydrogen (secondary N) is 1. The minimum atomic E-state index is 0.0854. The highest BCUT2D eigenvalue weighted by Crippen LogP contribution is 2.27. The van der Waals surface area contributed by atoms with Gasteiger partial charge in [-0.15, -0.1) is 0 Å². The molecule has 0 unspecified atom stereocenters. The molecule has 170 valence electrons. The number of rotatable bonds is 4. The van der Waals surface area contributed by atoms with E-state index in [0.717, 1.165) is 55.7 Å². The minimum absolute atomic E-state index is 0.0854. The van der Waals surface area contributed by atoms with Crippen LogP contribution in [-0.4, -0.2) is 42.9 Å². The van der Waals surface area contributed by atoms with Gasteiger partial charge in [0.15, 0.2) is 0 Å². The molecular formula is C27H35N3O2. The number of hydrogen-bond acceptors (Lipinski definition) is 3. The quantitative estimate of drug-likeness (QED) is 0.732. The fraction of sp³-hybridized carbons (Fsp3) is 0.481. The van der Waals surface area contributed by atoms with Crippen LogP contribution in [0.1, 0.15) is 62.4 Å². The Morgan fingerprint density at radius 2 is 1.44 bits per heavy atom. The van der Waals surface area contributed by atoms with Gasteiger partial charge in [-0.3, -0.25) is 9.59 Å². The molecule has 2 fully saturated rings. The van der Waals surface area contributed by atoms with Gasteiger partial charge in [0.25, 0.3) is 5.91 Å². The third kappa shape index (κ3) is 5.14. The molecule has 0 bridgehead atoms. The summed E-state index contributed by atoms with van der Waals surface area (Å²) < 4.78 is 0. The van der Waals surface area contributed by atoms with Crippen LogP contribution in [-0.2, 0) is 10.2 Å². The van der Waals surface area contributed by atoms with Crippen molar-refractivity contribution in [1.82, 2.24) is 4.90 Å². The van der Waals surface area contributed by atoms with Crippen LogP contribution in [0.2, 0.25) is 0 Å². The van der Waals surface area contributed by atoms with Crippen molar-refractivity contribution in [2.75, 3.05) is 36.4 Å². The number of piperazine rings is 1. The van der Waals surface area contributed by atoms with Crippen molar-refractivity contribution >= 4 is 23.2 Å². The predicted molar refractivity (Wildman–Crippen MR) is 130 cm³/mol. The third-order valence-electron chi connectivity index (χ3n) is 6.79. The lowest BCUT2D eigenvalue weighted by Crippen LogP contribution is -2.48. The van der Waals surface area contributed by atoms with Gasteiger partial charge < -0.3 is 15.1 Å². The Morgan fingerprint density at radius 3 is 2.00 bits per heavy atom. The largest absolute Gasteiger partial charge is 0.368 e. The number of carbonyl (C=O) groups excluding carboxylic acids is 2. The summed E-state index contributed by atoms with van der Waals surface area (Å²) in [6.07, 6.45) is 4.34. The molecule has 4 rings (SSSR count). The standard InChI is InChI=1S/C27H35N3O2/c1-27(2,3)22-10-8-21(9-11-22)26(32)30-18-16-29(17-19-30)24-14-12-23(13-15-24)28-25(31)20-6-4-5-7-20/h8-15,20H,4-7,16-19H2,1-3H3,(H,28,31). The first-order valence-corrected chi connectivity index (χ1v) is 11.9. The lowest BCUT2D eigenvalue weighted by atomic mass is 9.86. The maximum Gasteiger partial charge on any atom is 0.253 e. The van der Waals surface area contributed by atoms with E-state index in [0.29, 0.717) is 13.1 Å². The molecular weight excluding hydrogens is 398 g/mol. The van der Waals surface area contributed by atoms with Crippen molar-refractivity contribution in [3.63, 3.8) is 0 Å². The van der Waals surface area contributed by atoms with Gasteiger partial charge in [0.1, 0.15) is 0 Å². The van der Waals surface area contributed by atoms with Crippen molar-refractivity contribution in [3.8, 4) is 0 Å². The topological polar surface area (TPSA) is 52.7 Å². The summed E-state index contributed by atoms with van der Waals surface area (Å²) in [5.41, 5.74) is 4.07. The molecule has 2 amide bonds. The molecule has 0 aromatic heterocycles. The van der Waals surface area contributed by atoms with Gasteiger partial charge in [0.05, 0.1) is 0 Å². The van der Waals surface area contributed by atoms with Gasteiger partial charge in [0.2, 0.25) is 5.91 Å². The molecule has 2 aliphatic rings. The van der Waals surface area contributed by atoms with Crippen LogP contribution in [0.5, 0.6) is 0 Å². The van der Waals surface area contributed by atoms with E-state index in [4.69, 9.17) is 0 Å². The summed E-state index contributed by atoms with van der Waals surface area (Å²) in [7, 11) is 0. The summed E-state index contributed by atoms with van der Waals surface area (Å²) in [6, 6.07) is 16.1. The molecule has 32 heavy (non-hydrogen) atoms. The molecule has 1 N–H and O–H groups in total. The summed E-state index contributed by atoms with van der Waals surface area (Å²) in [4.78, 5) is 29.5. The fourth-order valence-corrected chi connectivity index (χ4v) is 4.65. The number of benzene rings is 2. The summed E-state index contributed by atoms with van der Waals surface area (Å²) in [5, 5.41) is 3.06. The molecule has 0 atom stereocenters. The lowest BCUT2D eigenvalue weighted by Gasteiger charge is -2.36. The monoisotopic (exact) mass is 433 g/mol.